The minimum absolute atomic E-state index is 0.168. The van der Waals surface area contributed by atoms with E-state index in [1.807, 2.05) is 0 Å². The van der Waals surface area contributed by atoms with Gasteiger partial charge in [0.05, 0.1) is 6.61 Å². The van der Waals surface area contributed by atoms with E-state index in [-0.39, 0.29) is 19.4 Å². The molecule has 12 nitrogen and oxygen atoms in total. The van der Waals surface area contributed by atoms with Crippen molar-refractivity contribution in [2.24, 2.45) is 0 Å². The molecule has 1 heterocycles. The van der Waals surface area contributed by atoms with Crippen molar-refractivity contribution in [3.8, 4) is 0 Å². The van der Waals surface area contributed by atoms with E-state index >= 15 is 0 Å². The Bertz CT molecular complexity index is 1150. The van der Waals surface area contributed by atoms with E-state index in [1.54, 1.807) is 0 Å². The predicted octanol–water partition coefficient (Wildman–Crippen LogP) is 9.84. The summed E-state index contributed by atoms with van der Waals surface area (Å²) in [6.45, 7) is 3.73. The molecule has 0 aromatic carbocycles. The van der Waals surface area contributed by atoms with Crippen LogP contribution in [0, 0.1) is 0 Å². The zero-order chi connectivity index (χ0) is 43.4. The molecular weight excluding hydrogens is 777 g/mol. The first kappa shape index (κ1) is 55.4. The molecule has 59 heavy (non-hydrogen) atoms. The largest absolute Gasteiger partial charge is 0.462 e. The first-order chi connectivity index (χ1) is 28.5. The predicted molar refractivity (Wildman–Crippen MR) is 234 cm³/mol. The molecule has 4 N–H and O–H groups in total. The normalized spacial score (nSPS) is 20.3. The topological polar surface area (TPSA) is 186 Å². The maximum atomic E-state index is 12.8. The lowest BCUT2D eigenvalue weighted by atomic mass is 10.00. The van der Waals surface area contributed by atoms with Crippen LogP contribution in [-0.4, -0.2) is 96.0 Å². The summed E-state index contributed by atoms with van der Waals surface area (Å²) in [5.41, 5.74) is 0. The number of unbranched alkanes of at least 4 members (excludes halogenated alkanes) is 26. The Morgan fingerprint density at radius 2 is 0.983 bits per heavy atom. The number of allylic oxidation sites excluding steroid dienone is 2. The Labute approximate surface area is 358 Å². The molecule has 1 aliphatic rings. The summed E-state index contributed by atoms with van der Waals surface area (Å²) in [5.74, 6) is -1.98. The smallest absolute Gasteiger partial charge is 0.306 e. The molecule has 348 valence electrons. The number of carbonyl (C=O) groups excluding carboxylic acids is 2. The van der Waals surface area contributed by atoms with E-state index in [9.17, 15) is 37.9 Å². The number of hydrogen-bond donors (Lipinski definition) is 4. The Hall–Kier alpha value is -1.61. The van der Waals surface area contributed by atoms with Gasteiger partial charge in [0.1, 0.15) is 36.8 Å². The molecule has 1 rings (SSSR count). The SMILES string of the molecule is CCCC/C=C/CCCCCCCC(=O)OC[C@H](CO[C@H]1O[C@H](CS(=O)(=O)O)[C@@H](O)C(O)C1O)OC(=O)CCCCCCCCCCCCCCCCCCCCCC. The van der Waals surface area contributed by atoms with Crippen LogP contribution in [-0.2, 0) is 38.7 Å². The van der Waals surface area contributed by atoms with Crippen LogP contribution in [0.2, 0.25) is 0 Å². The quantitative estimate of drug-likeness (QED) is 0.0198. The van der Waals surface area contributed by atoms with Gasteiger partial charge in [-0.1, -0.05) is 180 Å². The molecule has 1 aliphatic heterocycles. The van der Waals surface area contributed by atoms with Crippen molar-refractivity contribution in [1.82, 2.24) is 0 Å². The van der Waals surface area contributed by atoms with Crippen molar-refractivity contribution >= 4 is 22.1 Å². The molecule has 0 aromatic heterocycles. The van der Waals surface area contributed by atoms with E-state index in [0.717, 1.165) is 57.8 Å². The van der Waals surface area contributed by atoms with Crippen LogP contribution in [0.5, 0.6) is 0 Å². The van der Waals surface area contributed by atoms with Crippen LogP contribution in [0.15, 0.2) is 12.2 Å². The zero-order valence-electron chi connectivity index (χ0n) is 37.1. The highest BCUT2D eigenvalue weighted by atomic mass is 32.2. The highest BCUT2D eigenvalue weighted by Gasteiger charge is 2.46. The molecule has 6 atom stereocenters. The Kier molecular flexibility index (Phi) is 34.7. The van der Waals surface area contributed by atoms with Gasteiger partial charge < -0.3 is 34.3 Å². The lowest BCUT2D eigenvalue weighted by Crippen LogP contribution is -2.60. The van der Waals surface area contributed by atoms with Gasteiger partial charge in [0.15, 0.2) is 12.4 Å². The number of hydrogen-bond acceptors (Lipinski definition) is 11. The van der Waals surface area contributed by atoms with Crippen LogP contribution in [0.1, 0.15) is 213 Å². The molecule has 0 spiro atoms. The van der Waals surface area contributed by atoms with Gasteiger partial charge in [0, 0.05) is 12.8 Å². The second-order valence-electron chi connectivity index (χ2n) is 16.8. The minimum Gasteiger partial charge on any atom is -0.462 e. The van der Waals surface area contributed by atoms with Crippen LogP contribution >= 0.6 is 0 Å². The van der Waals surface area contributed by atoms with E-state index < -0.39 is 71.2 Å². The maximum Gasteiger partial charge on any atom is 0.306 e. The first-order valence-electron chi connectivity index (χ1n) is 23.7. The van der Waals surface area contributed by atoms with Gasteiger partial charge >= 0.3 is 11.9 Å². The minimum atomic E-state index is -4.60. The Morgan fingerprint density at radius 1 is 0.559 bits per heavy atom. The summed E-state index contributed by atoms with van der Waals surface area (Å²) in [6.07, 6.45) is 29.8. The standard InChI is InChI=1S/C46H86O12S/c1-3-5-7-9-11-13-15-16-17-18-19-20-21-22-23-25-27-29-31-33-35-42(48)57-39(36-55-41(47)34-32-30-28-26-24-14-12-10-8-6-4-2)37-56-46-45(51)44(50)43(49)40(58-46)38-59(52,53)54/h10,12,39-40,43-46,49-51H,3-9,11,13-38H2,1-2H3,(H,52,53,54)/b12-10+/t39-,40-,43-,44?,45?,46+/m1/s1. The van der Waals surface area contributed by atoms with Gasteiger partial charge in [-0.05, 0) is 32.1 Å². The molecule has 0 aromatic rings. The van der Waals surface area contributed by atoms with Gasteiger partial charge in [0.2, 0.25) is 0 Å². The first-order valence-corrected chi connectivity index (χ1v) is 25.4. The van der Waals surface area contributed by atoms with Crippen molar-refractivity contribution in [3.05, 3.63) is 12.2 Å². The molecular formula is C46H86O12S. The van der Waals surface area contributed by atoms with Crippen LogP contribution in [0.3, 0.4) is 0 Å². The van der Waals surface area contributed by atoms with Gasteiger partial charge in [-0.15, -0.1) is 0 Å². The Balaban J connectivity index is 2.37. The summed E-state index contributed by atoms with van der Waals surface area (Å²) in [5, 5.41) is 30.9. The van der Waals surface area contributed by atoms with Crippen molar-refractivity contribution in [2.75, 3.05) is 19.0 Å². The molecule has 1 saturated heterocycles. The zero-order valence-corrected chi connectivity index (χ0v) is 37.9. The third-order valence-corrected chi connectivity index (χ3v) is 11.8. The van der Waals surface area contributed by atoms with Crippen molar-refractivity contribution in [1.29, 1.82) is 0 Å². The second-order valence-corrected chi connectivity index (χ2v) is 18.3. The number of aliphatic hydroxyl groups excluding tert-OH is 3. The lowest BCUT2D eigenvalue weighted by molar-refractivity contribution is -0.297. The number of aliphatic hydroxyl groups is 3. The van der Waals surface area contributed by atoms with Gasteiger partial charge in [0.25, 0.3) is 10.1 Å². The van der Waals surface area contributed by atoms with Crippen molar-refractivity contribution in [2.45, 2.75) is 250 Å². The average molecular weight is 863 g/mol. The number of rotatable bonds is 40. The summed E-state index contributed by atoms with van der Waals surface area (Å²) < 4.78 is 54.1. The summed E-state index contributed by atoms with van der Waals surface area (Å²) >= 11 is 0. The third kappa shape index (κ3) is 31.8. The van der Waals surface area contributed by atoms with E-state index in [1.165, 1.54) is 116 Å². The molecule has 0 saturated carbocycles. The second kappa shape index (κ2) is 37.0. The third-order valence-electron chi connectivity index (χ3n) is 11.1. The summed E-state index contributed by atoms with van der Waals surface area (Å²) in [4.78, 5) is 25.4. The van der Waals surface area contributed by atoms with Crippen LogP contribution < -0.4 is 0 Å². The van der Waals surface area contributed by atoms with E-state index in [2.05, 4.69) is 26.0 Å². The summed E-state index contributed by atoms with van der Waals surface area (Å²) in [7, 11) is -4.60. The fraction of sp³-hybridized carbons (Fsp3) is 0.913. The van der Waals surface area contributed by atoms with Crippen LogP contribution in [0.25, 0.3) is 0 Å². The molecule has 0 amide bonds. The molecule has 0 radical (unpaired) electrons. The monoisotopic (exact) mass is 863 g/mol. The van der Waals surface area contributed by atoms with Crippen molar-refractivity contribution < 1.29 is 56.8 Å². The van der Waals surface area contributed by atoms with Crippen LogP contribution in [0.4, 0.5) is 0 Å². The Morgan fingerprint density at radius 3 is 1.46 bits per heavy atom. The number of esters is 2. The maximum absolute atomic E-state index is 12.8. The van der Waals surface area contributed by atoms with Gasteiger partial charge in [-0.25, -0.2) is 0 Å². The molecule has 1 fully saturated rings. The van der Waals surface area contributed by atoms with E-state index in [0.29, 0.717) is 12.8 Å². The van der Waals surface area contributed by atoms with Gasteiger partial charge in [-0.2, -0.15) is 8.42 Å². The van der Waals surface area contributed by atoms with Gasteiger partial charge in [-0.3, -0.25) is 14.1 Å². The fourth-order valence-electron chi connectivity index (χ4n) is 7.36. The summed E-state index contributed by atoms with van der Waals surface area (Å²) in [6, 6.07) is 0. The van der Waals surface area contributed by atoms with Crippen molar-refractivity contribution in [3.63, 3.8) is 0 Å². The number of ether oxygens (including phenoxy) is 4. The highest BCUT2D eigenvalue weighted by molar-refractivity contribution is 7.85. The average Bonchev–Trinajstić information content (AvgIpc) is 3.20. The number of carbonyl (C=O) groups is 2. The molecule has 0 bridgehead atoms. The molecule has 0 aliphatic carbocycles. The molecule has 13 heteroatoms. The van der Waals surface area contributed by atoms with E-state index in [4.69, 9.17) is 18.9 Å². The fourth-order valence-corrected chi connectivity index (χ4v) is 8.06. The molecule has 2 unspecified atom stereocenters. The lowest BCUT2D eigenvalue weighted by Gasteiger charge is -2.40. The highest BCUT2D eigenvalue weighted by Crippen LogP contribution is 2.24.